The Hall–Kier alpha value is -2.55. The minimum atomic E-state index is -0.438. The van der Waals surface area contributed by atoms with Crippen LogP contribution in [0.5, 0.6) is 17.2 Å². The number of epoxide rings is 2. The van der Waals surface area contributed by atoms with Gasteiger partial charge in [0.1, 0.15) is 23.4 Å². The van der Waals surface area contributed by atoms with Gasteiger partial charge in [-0.1, -0.05) is 11.6 Å². The van der Waals surface area contributed by atoms with Crippen LogP contribution in [0.25, 0.3) is 6.08 Å². The van der Waals surface area contributed by atoms with Crippen LogP contribution in [0.1, 0.15) is 59.4 Å². The van der Waals surface area contributed by atoms with Gasteiger partial charge >= 0.3 is 5.97 Å². The largest absolute Gasteiger partial charge is 0.493 e. The van der Waals surface area contributed by atoms with Gasteiger partial charge in [-0.3, -0.25) is 0 Å². The van der Waals surface area contributed by atoms with Crippen molar-refractivity contribution < 1.29 is 38.0 Å². The van der Waals surface area contributed by atoms with Gasteiger partial charge in [0.25, 0.3) is 0 Å². The lowest BCUT2D eigenvalue weighted by Gasteiger charge is -2.42. The van der Waals surface area contributed by atoms with Gasteiger partial charge in [0.2, 0.25) is 5.75 Å². The van der Waals surface area contributed by atoms with Crippen LogP contribution in [0.4, 0.5) is 0 Å². The third kappa shape index (κ3) is 5.87. The van der Waals surface area contributed by atoms with Crippen LogP contribution in [0.3, 0.4) is 0 Å². The Bertz CT molecular complexity index is 1040. The molecular formula is C30H42O8. The van der Waals surface area contributed by atoms with Crippen LogP contribution in [-0.2, 0) is 23.7 Å². The van der Waals surface area contributed by atoms with Gasteiger partial charge in [-0.25, -0.2) is 4.79 Å². The zero-order valence-corrected chi connectivity index (χ0v) is 23.9. The van der Waals surface area contributed by atoms with Gasteiger partial charge in [-0.2, -0.15) is 0 Å². The van der Waals surface area contributed by atoms with E-state index in [1.54, 1.807) is 39.5 Å². The van der Waals surface area contributed by atoms with E-state index in [4.69, 9.17) is 33.2 Å². The monoisotopic (exact) mass is 530 g/mol. The summed E-state index contributed by atoms with van der Waals surface area (Å²) in [5, 5.41) is 0. The summed E-state index contributed by atoms with van der Waals surface area (Å²) < 4.78 is 41.0. The second-order valence-corrected chi connectivity index (χ2v) is 11.1. The lowest BCUT2D eigenvalue weighted by atomic mass is 9.68. The maximum Gasteiger partial charge on any atom is 0.331 e. The Balaban J connectivity index is 1.47. The molecule has 8 heteroatoms. The number of benzene rings is 1. The summed E-state index contributed by atoms with van der Waals surface area (Å²) in [4.78, 5) is 12.9. The summed E-state index contributed by atoms with van der Waals surface area (Å²) in [5.41, 5.74) is 1.35. The molecule has 1 saturated carbocycles. The molecule has 1 aromatic rings. The van der Waals surface area contributed by atoms with Gasteiger partial charge in [-0.15, -0.1) is 0 Å². The maximum atomic E-state index is 12.9. The van der Waals surface area contributed by atoms with Crippen LogP contribution in [0.15, 0.2) is 29.9 Å². The first kappa shape index (κ1) is 28.5. The molecule has 2 heterocycles. The van der Waals surface area contributed by atoms with E-state index in [1.165, 1.54) is 11.6 Å². The first-order valence-electron chi connectivity index (χ1n) is 13.4. The number of ether oxygens (including phenoxy) is 7. The van der Waals surface area contributed by atoms with Crippen molar-refractivity contribution in [2.75, 3.05) is 27.9 Å². The molecule has 210 valence electrons. The predicted octanol–water partition coefficient (Wildman–Crippen LogP) is 5.12. The Morgan fingerprint density at radius 1 is 1.16 bits per heavy atom. The lowest BCUT2D eigenvalue weighted by molar-refractivity contribution is -0.166. The number of carbonyl (C=O) groups is 1. The summed E-state index contributed by atoms with van der Waals surface area (Å²) in [7, 11) is 4.81. The van der Waals surface area contributed by atoms with E-state index in [1.807, 2.05) is 13.8 Å². The van der Waals surface area contributed by atoms with Crippen LogP contribution >= 0.6 is 0 Å². The Morgan fingerprint density at radius 3 is 2.34 bits per heavy atom. The zero-order valence-electron chi connectivity index (χ0n) is 23.9. The molecule has 1 spiro atoms. The standard InChI is InChI=1S/C30H42O8/c1-18(2)9-11-24-29(5,38-24)28-27(34-8)21(13-14-30(28)17-35-30)37-25(31)12-10-20-15-22(32-6)26(36-19(3)4)23(16-20)33-7/h9-10,12,15-16,19,21,24,27-28H,11,13-14,17H2,1-8H3/b12-10+/t21?,24?,27-,28?,29?,30?/m1/s1. The number of carbonyl (C=O) groups excluding carboxylic acids is 1. The fraction of sp³-hybridized carbons (Fsp3) is 0.633. The van der Waals surface area contributed by atoms with Crippen molar-refractivity contribution >= 4 is 12.0 Å². The molecule has 2 aliphatic heterocycles. The average Bonchev–Trinajstić information content (AvgIpc) is 3.79. The maximum absolute atomic E-state index is 12.9. The first-order chi connectivity index (χ1) is 18.1. The Kier molecular flexibility index (Phi) is 8.45. The normalized spacial score (nSPS) is 31.8. The fourth-order valence-corrected chi connectivity index (χ4v) is 5.77. The second-order valence-electron chi connectivity index (χ2n) is 11.1. The van der Waals surface area contributed by atoms with Crippen molar-refractivity contribution in [2.24, 2.45) is 5.92 Å². The molecule has 0 radical (unpaired) electrons. The van der Waals surface area contributed by atoms with Crippen molar-refractivity contribution in [2.45, 2.75) is 89.5 Å². The molecule has 8 nitrogen and oxygen atoms in total. The van der Waals surface area contributed by atoms with Crippen molar-refractivity contribution in [1.82, 2.24) is 0 Å². The summed E-state index contributed by atoms with van der Waals surface area (Å²) in [6.45, 7) is 10.9. The summed E-state index contributed by atoms with van der Waals surface area (Å²) >= 11 is 0. The summed E-state index contributed by atoms with van der Waals surface area (Å²) in [5.74, 6) is 1.11. The van der Waals surface area contributed by atoms with E-state index >= 15 is 0 Å². The molecule has 3 fully saturated rings. The molecule has 3 aliphatic rings. The summed E-state index contributed by atoms with van der Waals surface area (Å²) in [6, 6.07) is 3.59. The van der Waals surface area contributed by atoms with Gasteiger partial charge in [0.05, 0.1) is 39.0 Å². The second kappa shape index (κ2) is 11.3. The van der Waals surface area contributed by atoms with Crippen LogP contribution in [0, 0.1) is 5.92 Å². The zero-order chi connectivity index (χ0) is 27.7. The smallest absolute Gasteiger partial charge is 0.331 e. The topological polar surface area (TPSA) is 88.3 Å². The van der Waals surface area contributed by atoms with Gasteiger partial charge in [0.15, 0.2) is 11.5 Å². The van der Waals surface area contributed by atoms with E-state index in [-0.39, 0.29) is 35.4 Å². The molecule has 0 bridgehead atoms. The molecular weight excluding hydrogens is 488 g/mol. The summed E-state index contributed by atoms with van der Waals surface area (Å²) in [6.07, 6.45) is 6.97. The van der Waals surface area contributed by atoms with Crippen molar-refractivity contribution in [3.63, 3.8) is 0 Å². The lowest BCUT2D eigenvalue weighted by Crippen LogP contribution is -2.55. The first-order valence-corrected chi connectivity index (χ1v) is 13.4. The molecule has 2 saturated heterocycles. The molecule has 0 amide bonds. The van der Waals surface area contributed by atoms with E-state index in [9.17, 15) is 4.79 Å². The Morgan fingerprint density at radius 2 is 1.82 bits per heavy atom. The van der Waals surface area contributed by atoms with Crippen LogP contribution in [0.2, 0.25) is 0 Å². The van der Waals surface area contributed by atoms with E-state index in [0.29, 0.717) is 30.3 Å². The van der Waals surface area contributed by atoms with Crippen molar-refractivity contribution in [1.29, 1.82) is 0 Å². The number of hydrogen-bond donors (Lipinski definition) is 0. The number of rotatable bonds is 11. The molecule has 5 unspecified atom stereocenters. The highest BCUT2D eigenvalue weighted by atomic mass is 16.6. The number of esters is 1. The number of allylic oxidation sites excluding steroid dienone is 1. The molecule has 38 heavy (non-hydrogen) atoms. The third-order valence-corrected chi connectivity index (χ3v) is 7.75. The highest BCUT2D eigenvalue weighted by Gasteiger charge is 2.72. The van der Waals surface area contributed by atoms with Crippen LogP contribution < -0.4 is 14.2 Å². The molecule has 0 aromatic heterocycles. The molecule has 4 rings (SSSR count). The highest BCUT2D eigenvalue weighted by molar-refractivity contribution is 5.87. The highest BCUT2D eigenvalue weighted by Crippen LogP contribution is 2.59. The van der Waals surface area contributed by atoms with Crippen molar-refractivity contribution in [3.8, 4) is 17.2 Å². The SMILES string of the molecule is COc1cc(/C=C/C(=O)OC2CCC3(CO3)C(C3(C)OC3CC=C(C)C)[C@@H]2OC)cc(OC)c1OC(C)C. The predicted molar refractivity (Wildman–Crippen MR) is 144 cm³/mol. The average molecular weight is 531 g/mol. The van der Waals surface area contributed by atoms with E-state index in [2.05, 4.69) is 26.8 Å². The molecule has 1 aliphatic carbocycles. The van der Waals surface area contributed by atoms with E-state index in [0.717, 1.165) is 18.4 Å². The molecule has 0 N–H and O–H groups in total. The number of hydrogen-bond acceptors (Lipinski definition) is 8. The van der Waals surface area contributed by atoms with E-state index < -0.39 is 12.1 Å². The minimum absolute atomic E-state index is 0.0203. The van der Waals surface area contributed by atoms with Gasteiger partial charge in [-0.05, 0) is 77.7 Å². The van der Waals surface area contributed by atoms with Crippen molar-refractivity contribution in [3.05, 3.63) is 35.4 Å². The number of methoxy groups -OCH3 is 3. The minimum Gasteiger partial charge on any atom is -0.493 e. The quantitative estimate of drug-likeness (QED) is 0.169. The third-order valence-electron chi connectivity index (χ3n) is 7.75. The Labute approximate surface area is 226 Å². The van der Waals surface area contributed by atoms with Gasteiger partial charge < -0.3 is 33.2 Å². The van der Waals surface area contributed by atoms with Crippen LogP contribution in [-0.4, -0.2) is 69.5 Å². The molecule has 6 atom stereocenters. The fourth-order valence-electron chi connectivity index (χ4n) is 5.77. The van der Waals surface area contributed by atoms with Gasteiger partial charge in [0, 0.05) is 13.2 Å². The molecule has 1 aromatic carbocycles.